The second-order valence-electron chi connectivity index (χ2n) is 4.43. The van der Waals surface area contributed by atoms with Gasteiger partial charge in [0.2, 0.25) is 0 Å². The average Bonchev–Trinajstić information content (AvgIpc) is 2.83. The van der Waals surface area contributed by atoms with Gasteiger partial charge in [0.05, 0.1) is 13.2 Å². The van der Waals surface area contributed by atoms with Crippen molar-refractivity contribution in [3.8, 4) is 0 Å². The fraction of sp³-hybridized carbons (Fsp3) is 0.643. The lowest BCUT2D eigenvalue weighted by molar-refractivity contribution is -0.0476. The van der Waals surface area contributed by atoms with Gasteiger partial charge in [-0.1, -0.05) is 19.4 Å². The van der Waals surface area contributed by atoms with Crippen molar-refractivity contribution in [2.45, 2.75) is 45.3 Å². The van der Waals surface area contributed by atoms with Crippen LogP contribution in [0.25, 0.3) is 0 Å². The number of aryl methyl sites for hydroxylation is 2. The normalized spacial score (nSPS) is 16.5. The van der Waals surface area contributed by atoms with Crippen LogP contribution in [0.2, 0.25) is 0 Å². The van der Waals surface area contributed by atoms with Gasteiger partial charge in [0, 0.05) is 11.4 Å². The molecule has 0 saturated carbocycles. The van der Waals surface area contributed by atoms with Crippen LogP contribution in [0.5, 0.6) is 0 Å². The quantitative estimate of drug-likeness (QED) is 0.759. The molecule has 0 N–H and O–H groups in total. The third-order valence-electron chi connectivity index (χ3n) is 2.93. The van der Waals surface area contributed by atoms with Crippen molar-refractivity contribution in [2.75, 3.05) is 13.2 Å². The summed E-state index contributed by atoms with van der Waals surface area (Å²) in [6, 6.07) is 6.32. The van der Waals surface area contributed by atoms with Gasteiger partial charge in [0.1, 0.15) is 0 Å². The molecular formula is C14H21NO2. The van der Waals surface area contributed by atoms with Crippen molar-refractivity contribution in [1.82, 2.24) is 4.98 Å². The van der Waals surface area contributed by atoms with Crippen LogP contribution in [-0.4, -0.2) is 24.5 Å². The maximum atomic E-state index is 5.41. The van der Waals surface area contributed by atoms with E-state index in [9.17, 15) is 0 Å². The Morgan fingerprint density at radius 2 is 1.88 bits per heavy atom. The van der Waals surface area contributed by atoms with Gasteiger partial charge in [-0.15, -0.1) is 0 Å². The summed E-state index contributed by atoms with van der Waals surface area (Å²) in [4.78, 5) is 4.64. The molecule has 0 amide bonds. The minimum absolute atomic E-state index is 0.0221. The number of hydrogen-bond donors (Lipinski definition) is 0. The number of aromatic nitrogens is 1. The van der Waals surface area contributed by atoms with Crippen molar-refractivity contribution < 1.29 is 9.47 Å². The second-order valence-corrected chi connectivity index (χ2v) is 4.43. The largest absolute Gasteiger partial charge is 0.350 e. The first-order valence-corrected chi connectivity index (χ1v) is 6.56. The van der Waals surface area contributed by atoms with Crippen molar-refractivity contribution in [3.05, 3.63) is 29.6 Å². The van der Waals surface area contributed by atoms with Crippen molar-refractivity contribution in [1.29, 1.82) is 0 Å². The fourth-order valence-corrected chi connectivity index (χ4v) is 2.09. The SMILES string of the molecule is CCCc1cccc(CCCC2OCCO2)n1. The summed E-state index contributed by atoms with van der Waals surface area (Å²) in [6.07, 6.45) is 5.31. The highest BCUT2D eigenvalue weighted by atomic mass is 16.7. The van der Waals surface area contributed by atoms with E-state index in [-0.39, 0.29) is 6.29 Å². The van der Waals surface area contributed by atoms with E-state index in [1.165, 1.54) is 11.4 Å². The number of ether oxygens (including phenoxy) is 2. The summed E-state index contributed by atoms with van der Waals surface area (Å²) in [6.45, 7) is 3.67. The molecule has 1 aliphatic heterocycles. The average molecular weight is 235 g/mol. The lowest BCUT2D eigenvalue weighted by atomic mass is 10.1. The van der Waals surface area contributed by atoms with E-state index < -0.39 is 0 Å². The van der Waals surface area contributed by atoms with Crippen LogP contribution in [0.15, 0.2) is 18.2 Å². The summed E-state index contributed by atoms with van der Waals surface area (Å²) in [5.41, 5.74) is 2.40. The van der Waals surface area contributed by atoms with E-state index >= 15 is 0 Å². The molecule has 0 radical (unpaired) electrons. The topological polar surface area (TPSA) is 31.4 Å². The molecule has 3 nitrogen and oxygen atoms in total. The molecule has 0 bridgehead atoms. The van der Waals surface area contributed by atoms with Gasteiger partial charge in [-0.3, -0.25) is 4.98 Å². The van der Waals surface area contributed by atoms with Crippen molar-refractivity contribution >= 4 is 0 Å². The highest BCUT2D eigenvalue weighted by Gasteiger charge is 2.14. The third-order valence-corrected chi connectivity index (χ3v) is 2.93. The van der Waals surface area contributed by atoms with Crippen LogP contribution in [0.1, 0.15) is 37.6 Å². The van der Waals surface area contributed by atoms with E-state index in [0.717, 1.165) is 45.3 Å². The number of nitrogens with zero attached hydrogens (tertiary/aromatic N) is 1. The predicted molar refractivity (Wildman–Crippen MR) is 66.9 cm³/mol. The number of pyridine rings is 1. The molecule has 2 heterocycles. The molecule has 0 aromatic carbocycles. The molecule has 17 heavy (non-hydrogen) atoms. The molecule has 0 spiro atoms. The summed E-state index contributed by atoms with van der Waals surface area (Å²) in [5.74, 6) is 0. The van der Waals surface area contributed by atoms with Crippen LogP contribution in [-0.2, 0) is 22.3 Å². The zero-order valence-corrected chi connectivity index (χ0v) is 10.5. The molecule has 1 fully saturated rings. The first-order valence-electron chi connectivity index (χ1n) is 6.56. The van der Waals surface area contributed by atoms with E-state index in [1.807, 2.05) is 0 Å². The zero-order chi connectivity index (χ0) is 11.9. The maximum Gasteiger partial charge on any atom is 0.157 e. The van der Waals surface area contributed by atoms with Gasteiger partial charge in [-0.25, -0.2) is 0 Å². The monoisotopic (exact) mass is 235 g/mol. The number of rotatable bonds is 6. The van der Waals surface area contributed by atoms with Gasteiger partial charge in [-0.05, 0) is 37.8 Å². The molecule has 2 rings (SSSR count). The van der Waals surface area contributed by atoms with Crippen LogP contribution in [0.3, 0.4) is 0 Å². The first kappa shape index (κ1) is 12.5. The van der Waals surface area contributed by atoms with E-state index in [2.05, 4.69) is 30.1 Å². The predicted octanol–water partition coefficient (Wildman–Crippen LogP) is 2.73. The Hall–Kier alpha value is -0.930. The van der Waals surface area contributed by atoms with Gasteiger partial charge in [0.15, 0.2) is 6.29 Å². The van der Waals surface area contributed by atoms with Crippen molar-refractivity contribution in [2.24, 2.45) is 0 Å². The zero-order valence-electron chi connectivity index (χ0n) is 10.5. The molecule has 1 aliphatic rings. The Kier molecular flexibility index (Phi) is 4.95. The van der Waals surface area contributed by atoms with E-state index in [0.29, 0.717) is 0 Å². The molecule has 0 unspecified atom stereocenters. The molecule has 1 aromatic heterocycles. The van der Waals surface area contributed by atoms with Crippen LogP contribution in [0.4, 0.5) is 0 Å². The summed E-state index contributed by atoms with van der Waals surface area (Å²) in [5, 5.41) is 0. The third kappa shape index (κ3) is 4.10. The summed E-state index contributed by atoms with van der Waals surface area (Å²) in [7, 11) is 0. The Labute approximate surface area is 103 Å². The van der Waals surface area contributed by atoms with E-state index in [4.69, 9.17) is 9.47 Å². The molecule has 3 heteroatoms. The number of hydrogen-bond acceptors (Lipinski definition) is 3. The fourth-order valence-electron chi connectivity index (χ4n) is 2.09. The van der Waals surface area contributed by atoms with Crippen LogP contribution in [0, 0.1) is 0 Å². The Morgan fingerprint density at radius 1 is 1.18 bits per heavy atom. The van der Waals surface area contributed by atoms with Gasteiger partial charge >= 0.3 is 0 Å². The minimum atomic E-state index is 0.0221. The highest BCUT2D eigenvalue weighted by molar-refractivity contribution is 5.11. The van der Waals surface area contributed by atoms with Gasteiger partial charge < -0.3 is 9.47 Å². The molecule has 94 valence electrons. The standard InChI is InChI=1S/C14H21NO2/c1-2-5-12-6-3-7-13(15-12)8-4-9-14-16-10-11-17-14/h3,6-7,14H,2,4-5,8-11H2,1H3. The van der Waals surface area contributed by atoms with Crippen LogP contribution >= 0.6 is 0 Å². The summed E-state index contributed by atoms with van der Waals surface area (Å²) < 4.78 is 10.8. The maximum absolute atomic E-state index is 5.41. The molecule has 1 saturated heterocycles. The summed E-state index contributed by atoms with van der Waals surface area (Å²) >= 11 is 0. The van der Waals surface area contributed by atoms with Crippen LogP contribution < -0.4 is 0 Å². The second kappa shape index (κ2) is 6.72. The first-order chi connectivity index (χ1) is 8.38. The van der Waals surface area contributed by atoms with Crippen molar-refractivity contribution in [3.63, 3.8) is 0 Å². The highest BCUT2D eigenvalue weighted by Crippen LogP contribution is 2.12. The lowest BCUT2D eigenvalue weighted by Crippen LogP contribution is -2.07. The van der Waals surface area contributed by atoms with Gasteiger partial charge in [-0.2, -0.15) is 0 Å². The molecule has 0 atom stereocenters. The Morgan fingerprint density at radius 3 is 2.59 bits per heavy atom. The smallest absolute Gasteiger partial charge is 0.157 e. The molecule has 1 aromatic rings. The molecule has 0 aliphatic carbocycles. The van der Waals surface area contributed by atoms with Gasteiger partial charge in [0.25, 0.3) is 0 Å². The Balaban J connectivity index is 1.75. The lowest BCUT2D eigenvalue weighted by Gasteiger charge is -2.08. The van der Waals surface area contributed by atoms with E-state index in [1.54, 1.807) is 0 Å². The Bertz CT molecular complexity index is 335. The minimum Gasteiger partial charge on any atom is -0.350 e. The molecular weight excluding hydrogens is 214 g/mol.